The minimum atomic E-state index is -0.0853. The summed E-state index contributed by atoms with van der Waals surface area (Å²) in [6, 6.07) is 2.27. The number of carbonyl (C=O) groups excluding carboxylic acids is 1. The highest BCUT2D eigenvalue weighted by molar-refractivity contribution is 5.92. The minimum Gasteiger partial charge on any atom is -0.351 e. The number of rotatable bonds is 7. The second kappa shape index (κ2) is 8.85. The van der Waals surface area contributed by atoms with Crippen molar-refractivity contribution >= 4 is 11.9 Å². The highest BCUT2D eigenvalue weighted by Gasteiger charge is 2.24. The Morgan fingerprint density at radius 1 is 1.30 bits per heavy atom. The maximum atomic E-state index is 12.3. The number of carbonyl (C=O) groups is 1. The molecule has 0 aliphatic carbocycles. The average molecular weight is 318 g/mol. The molecule has 1 aliphatic rings. The molecule has 1 fully saturated rings. The molecule has 0 aromatic carbocycles. The Kier molecular flexibility index (Phi) is 6.81. The number of anilines is 1. The van der Waals surface area contributed by atoms with Gasteiger partial charge < -0.3 is 10.2 Å². The van der Waals surface area contributed by atoms with Crippen LogP contribution in [-0.2, 0) is 0 Å². The van der Waals surface area contributed by atoms with E-state index in [1.807, 2.05) is 6.92 Å². The molecule has 1 unspecified atom stereocenters. The summed E-state index contributed by atoms with van der Waals surface area (Å²) in [6.45, 7) is 8.00. The van der Waals surface area contributed by atoms with Crippen LogP contribution in [0, 0.1) is 6.92 Å². The molecule has 128 valence electrons. The van der Waals surface area contributed by atoms with Crippen molar-refractivity contribution in [2.45, 2.75) is 71.8 Å². The molecule has 5 nitrogen and oxygen atoms in total. The number of piperidine rings is 1. The van der Waals surface area contributed by atoms with Gasteiger partial charge in [0.2, 0.25) is 5.95 Å². The van der Waals surface area contributed by atoms with Crippen molar-refractivity contribution in [2.75, 3.05) is 18.0 Å². The van der Waals surface area contributed by atoms with Gasteiger partial charge in [-0.1, -0.05) is 26.7 Å². The summed E-state index contributed by atoms with van der Waals surface area (Å²) < 4.78 is 0. The molecule has 1 N–H and O–H groups in total. The van der Waals surface area contributed by atoms with Crippen molar-refractivity contribution in [3.63, 3.8) is 0 Å². The number of unbranched alkanes of at least 4 members (excludes halogenated alkanes) is 2. The van der Waals surface area contributed by atoms with E-state index in [1.165, 1.54) is 19.3 Å². The van der Waals surface area contributed by atoms with Gasteiger partial charge in [0.15, 0.2) is 0 Å². The summed E-state index contributed by atoms with van der Waals surface area (Å²) in [5.74, 6) is 0.633. The molecule has 1 aliphatic heterocycles. The van der Waals surface area contributed by atoms with Crippen molar-refractivity contribution in [1.29, 1.82) is 0 Å². The summed E-state index contributed by atoms with van der Waals surface area (Å²) in [5, 5.41) is 2.97. The molecule has 2 heterocycles. The molecule has 1 aromatic rings. The van der Waals surface area contributed by atoms with E-state index in [1.54, 1.807) is 6.07 Å². The molecule has 5 heteroatoms. The van der Waals surface area contributed by atoms with Crippen LogP contribution >= 0.6 is 0 Å². The Morgan fingerprint density at radius 2 is 2.13 bits per heavy atom. The number of amides is 1. The van der Waals surface area contributed by atoms with Gasteiger partial charge in [-0.15, -0.1) is 0 Å². The predicted molar refractivity (Wildman–Crippen MR) is 93.9 cm³/mol. The van der Waals surface area contributed by atoms with E-state index in [0.717, 1.165) is 43.9 Å². The van der Waals surface area contributed by atoms with Crippen LogP contribution in [0.5, 0.6) is 0 Å². The van der Waals surface area contributed by atoms with Gasteiger partial charge in [0, 0.05) is 24.8 Å². The Morgan fingerprint density at radius 3 is 2.87 bits per heavy atom. The second-order valence-corrected chi connectivity index (χ2v) is 6.41. The molecular weight excluding hydrogens is 288 g/mol. The summed E-state index contributed by atoms with van der Waals surface area (Å²) in [4.78, 5) is 23.7. The maximum absolute atomic E-state index is 12.3. The van der Waals surface area contributed by atoms with E-state index in [9.17, 15) is 4.79 Å². The Hall–Kier alpha value is -1.65. The summed E-state index contributed by atoms with van der Waals surface area (Å²) in [7, 11) is 0. The Balaban J connectivity index is 2.10. The number of nitrogens with one attached hydrogen (secondary N) is 1. The van der Waals surface area contributed by atoms with E-state index in [2.05, 4.69) is 34.0 Å². The maximum Gasteiger partial charge on any atom is 0.270 e. The molecule has 2 rings (SSSR count). The predicted octanol–water partition coefficient (Wildman–Crippen LogP) is 3.47. The van der Waals surface area contributed by atoms with Crippen LogP contribution in [0.4, 0.5) is 5.95 Å². The molecular formula is C18H30N4O. The van der Waals surface area contributed by atoms with E-state index in [-0.39, 0.29) is 5.91 Å². The van der Waals surface area contributed by atoms with Crippen LogP contribution in [0.3, 0.4) is 0 Å². The Labute approximate surface area is 139 Å². The molecule has 1 aromatic heterocycles. The zero-order chi connectivity index (χ0) is 16.7. The molecule has 1 atom stereocenters. The Bertz CT molecular complexity index is 518. The van der Waals surface area contributed by atoms with Gasteiger partial charge in [0.25, 0.3) is 5.91 Å². The lowest BCUT2D eigenvalue weighted by atomic mass is 10.0. The fourth-order valence-corrected chi connectivity index (χ4v) is 3.15. The van der Waals surface area contributed by atoms with Crippen molar-refractivity contribution < 1.29 is 4.79 Å². The lowest BCUT2D eigenvalue weighted by Crippen LogP contribution is -2.40. The van der Waals surface area contributed by atoms with E-state index >= 15 is 0 Å². The fourth-order valence-electron chi connectivity index (χ4n) is 3.15. The first-order chi connectivity index (χ1) is 11.2. The SMILES string of the molecule is CCCCCNC(=O)c1cc(C)nc(N2CCCCC2CC)n1. The highest BCUT2D eigenvalue weighted by atomic mass is 16.1. The van der Waals surface area contributed by atoms with E-state index in [0.29, 0.717) is 18.3 Å². The summed E-state index contributed by atoms with van der Waals surface area (Å²) in [6.07, 6.45) is 8.03. The summed E-state index contributed by atoms with van der Waals surface area (Å²) >= 11 is 0. The topological polar surface area (TPSA) is 58.1 Å². The number of aromatic nitrogens is 2. The first kappa shape index (κ1) is 17.7. The van der Waals surface area contributed by atoms with Crippen LogP contribution in [0.2, 0.25) is 0 Å². The van der Waals surface area contributed by atoms with Crippen LogP contribution < -0.4 is 10.2 Å². The molecule has 0 bridgehead atoms. The zero-order valence-corrected chi connectivity index (χ0v) is 14.8. The van der Waals surface area contributed by atoms with Crippen LogP contribution in [0.15, 0.2) is 6.07 Å². The minimum absolute atomic E-state index is 0.0853. The third-order valence-corrected chi connectivity index (χ3v) is 4.50. The monoisotopic (exact) mass is 318 g/mol. The van der Waals surface area contributed by atoms with E-state index < -0.39 is 0 Å². The molecule has 23 heavy (non-hydrogen) atoms. The van der Waals surface area contributed by atoms with Gasteiger partial charge in [-0.05, 0) is 45.1 Å². The number of hydrogen-bond donors (Lipinski definition) is 1. The lowest BCUT2D eigenvalue weighted by Gasteiger charge is -2.35. The number of nitrogens with zero attached hydrogens (tertiary/aromatic N) is 3. The van der Waals surface area contributed by atoms with Crippen molar-refractivity contribution in [1.82, 2.24) is 15.3 Å². The standard InChI is InChI=1S/C18H30N4O/c1-4-6-8-11-19-17(23)16-13-14(3)20-18(21-16)22-12-9-7-10-15(22)5-2/h13,15H,4-12H2,1-3H3,(H,19,23). The third-order valence-electron chi connectivity index (χ3n) is 4.50. The van der Waals surface area contributed by atoms with Gasteiger partial charge in [0.05, 0.1) is 0 Å². The molecule has 1 amide bonds. The average Bonchev–Trinajstić information content (AvgIpc) is 2.58. The normalized spacial score (nSPS) is 18.0. The van der Waals surface area contributed by atoms with Crippen LogP contribution in [0.1, 0.15) is 75.0 Å². The van der Waals surface area contributed by atoms with Gasteiger partial charge in [-0.3, -0.25) is 4.79 Å². The van der Waals surface area contributed by atoms with Gasteiger partial charge in [-0.25, -0.2) is 9.97 Å². The molecule has 0 saturated carbocycles. The van der Waals surface area contributed by atoms with Crippen molar-refractivity contribution in [3.05, 3.63) is 17.5 Å². The first-order valence-corrected chi connectivity index (χ1v) is 9.06. The quantitative estimate of drug-likeness (QED) is 0.782. The number of aryl methyl sites for hydroxylation is 1. The zero-order valence-electron chi connectivity index (χ0n) is 14.8. The largest absolute Gasteiger partial charge is 0.351 e. The second-order valence-electron chi connectivity index (χ2n) is 6.41. The van der Waals surface area contributed by atoms with Crippen LogP contribution in [-0.4, -0.2) is 35.0 Å². The fraction of sp³-hybridized carbons (Fsp3) is 0.722. The third kappa shape index (κ3) is 4.91. The van der Waals surface area contributed by atoms with Gasteiger partial charge in [0.1, 0.15) is 5.69 Å². The van der Waals surface area contributed by atoms with Crippen molar-refractivity contribution in [3.8, 4) is 0 Å². The van der Waals surface area contributed by atoms with Gasteiger partial charge in [-0.2, -0.15) is 0 Å². The van der Waals surface area contributed by atoms with Crippen molar-refractivity contribution in [2.24, 2.45) is 0 Å². The summed E-state index contributed by atoms with van der Waals surface area (Å²) in [5.41, 5.74) is 1.35. The molecule has 0 radical (unpaired) electrons. The first-order valence-electron chi connectivity index (χ1n) is 9.06. The molecule has 0 spiro atoms. The van der Waals surface area contributed by atoms with E-state index in [4.69, 9.17) is 0 Å². The van der Waals surface area contributed by atoms with Crippen LogP contribution in [0.25, 0.3) is 0 Å². The smallest absolute Gasteiger partial charge is 0.270 e. The highest BCUT2D eigenvalue weighted by Crippen LogP contribution is 2.24. The van der Waals surface area contributed by atoms with Gasteiger partial charge >= 0.3 is 0 Å². The molecule has 1 saturated heterocycles. The lowest BCUT2D eigenvalue weighted by molar-refractivity contribution is 0.0947. The number of hydrogen-bond acceptors (Lipinski definition) is 4.